The molecule has 0 amide bonds. The Labute approximate surface area is 116 Å². The Balaban J connectivity index is 1.92. The molecule has 1 atom stereocenters. The molecule has 0 radical (unpaired) electrons. The molecule has 0 aliphatic heterocycles. The SMILES string of the molecule is CCc1ccc(C(N)CSc2nnc(C)s2)cc1. The third-order valence-corrected chi connectivity index (χ3v) is 4.80. The van der Waals surface area contributed by atoms with E-state index in [1.165, 1.54) is 11.1 Å². The zero-order valence-electron chi connectivity index (χ0n) is 10.6. The van der Waals surface area contributed by atoms with Crippen LogP contribution in [0.1, 0.15) is 29.1 Å². The first-order chi connectivity index (χ1) is 8.69. The molecule has 18 heavy (non-hydrogen) atoms. The van der Waals surface area contributed by atoms with Gasteiger partial charge >= 0.3 is 0 Å². The van der Waals surface area contributed by atoms with Crippen molar-refractivity contribution < 1.29 is 0 Å². The fourth-order valence-corrected chi connectivity index (χ4v) is 3.43. The van der Waals surface area contributed by atoms with Crippen molar-refractivity contribution in [1.29, 1.82) is 0 Å². The first-order valence-corrected chi connectivity index (χ1v) is 7.76. The second-order valence-corrected chi connectivity index (χ2v) is 6.55. The van der Waals surface area contributed by atoms with Gasteiger partial charge in [0.05, 0.1) is 0 Å². The van der Waals surface area contributed by atoms with Gasteiger partial charge in [-0.05, 0) is 24.5 Å². The summed E-state index contributed by atoms with van der Waals surface area (Å²) in [4.78, 5) is 0. The summed E-state index contributed by atoms with van der Waals surface area (Å²) in [6, 6.07) is 8.58. The summed E-state index contributed by atoms with van der Waals surface area (Å²) < 4.78 is 0.994. The Kier molecular flexibility index (Phi) is 4.74. The van der Waals surface area contributed by atoms with E-state index < -0.39 is 0 Å². The van der Waals surface area contributed by atoms with E-state index in [-0.39, 0.29) is 6.04 Å². The van der Waals surface area contributed by atoms with Crippen LogP contribution in [0.15, 0.2) is 28.6 Å². The number of hydrogen-bond acceptors (Lipinski definition) is 5. The monoisotopic (exact) mass is 279 g/mol. The van der Waals surface area contributed by atoms with Crippen LogP contribution in [-0.2, 0) is 6.42 Å². The second kappa shape index (κ2) is 6.31. The van der Waals surface area contributed by atoms with Gasteiger partial charge in [-0.2, -0.15) is 0 Å². The Morgan fingerprint density at radius 2 is 2.00 bits per heavy atom. The van der Waals surface area contributed by atoms with Crippen molar-refractivity contribution in [2.24, 2.45) is 5.73 Å². The molecule has 0 aliphatic carbocycles. The topological polar surface area (TPSA) is 51.8 Å². The van der Waals surface area contributed by atoms with Gasteiger partial charge < -0.3 is 5.73 Å². The van der Waals surface area contributed by atoms with Crippen molar-refractivity contribution >= 4 is 23.1 Å². The molecule has 0 spiro atoms. The van der Waals surface area contributed by atoms with Crippen LogP contribution >= 0.6 is 23.1 Å². The fraction of sp³-hybridized carbons (Fsp3) is 0.385. The van der Waals surface area contributed by atoms with E-state index in [0.717, 1.165) is 21.5 Å². The minimum absolute atomic E-state index is 0.0464. The van der Waals surface area contributed by atoms with Crippen LogP contribution in [-0.4, -0.2) is 16.0 Å². The minimum atomic E-state index is 0.0464. The van der Waals surface area contributed by atoms with Gasteiger partial charge in [0.15, 0.2) is 4.34 Å². The van der Waals surface area contributed by atoms with Crippen LogP contribution < -0.4 is 5.73 Å². The standard InChI is InChI=1S/C13H17N3S2/c1-3-10-4-6-11(7-5-10)12(14)8-17-13-16-15-9(2)18-13/h4-7,12H,3,8,14H2,1-2H3. The normalized spacial score (nSPS) is 12.6. The average molecular weight is 279 g/mol. The van der Waals surface area contributed by atoms with Crippen LogP contribution in [0.4, 0.5) is 0 Å². The molecule has 2 rings (SSSR count). The molecule has 1 heterocycles. The second-order valence-electron chi connectivity index (χ2n) is 4.10. The quantitative estimate of drug-likeness (QED) is 0.854. The number of hydrogen-bond donors (Lipinski definition) is 1. The molecule has 5 heteroatoms. The summed E-state index contributed by atoms with van der Waals surface area (Å²) in [5.74, 6) is 0.833. The van der Waals surface area contributed by atoms with Crippen LogP contribution in [0, 0.1) is 6.92 Å². The molecule has 0 saturated heterocycles. The molecule has 1 aromatic heterocycles. The molecule has 0 fully saturated rings. The predicted octanol–water partition coefficient (Wildman–Crippen LogP) is 3.20. The number of benzene rings is 1. The Hall–Kier alpha value is -0.910. The average Bonchev–Trinajstić information content (AvgIpc) is 2.82. The Morgan fingerprint density at radius 1 is 1.28 bits per heavy atom. The van der Waals surface area contributed by atoms with Crippen molar-refractivity contribution in [3.8, 4) is 0 Å². The van der Waals surface area contributed by atoms with E-state index in [0.29, 0.717) is 0 Å². The molecule has 96 valence electrons. The molecule has 1 unspecified atom stereocenters. The van der Waals surface area contributed by atoms with Crippen molar-refractivity contribution in [3.05, 3.63) is 40.4 Å². The van der Waals surface area contributed by atoms with Crippen LogP contribution in [0.3, 0.4) is 0 Å². The molecule has 2 N–H and O–H groups in total. The summed E-state index contributed by atoms with van der Waals surface area (Å²) in [7, 11) is 0. The van der Waals surface area contributed by atoms with Gasteiger partial charge in [0.1, 0.15) is 5.01 Å². The summed E-state index contributed by atoms with van der Waals surface area (Å²) in [5.41, 5.74) is 8.70. The van der Waals surface area contributed by atoms with E-state index in [2.05, 4.69) is 41.4 Å². The maximum atomic E-state index is 6.18. The van der Waals surface area contributed by atoms with Crippen molar-refractivity contribution in [3.63, 3.8) is 0 Å². The molecular formula is C13H17N3S2. The maximum Gasteiger partial charge on any atom is 0.174 e. The lowest BCUT2D eigenvalue weighted by Gasteiger charge is -2.11. The Morgan fingerprint density at radius 3 is 2.56 bits per heavy atom. The lowest BCUT2D eigenvalue weighted by atomic mass is 10.1. The van der Waals surface area contributed by atoms with Crippen LogP contribution in [0.25, 0.3) is 0 Å². The van der Waals surface area contributed by atoms with E-state index in [1.54, 1.807) is 23.1 Å². The number of rotatable bonds is 5. The number of aryl methyl sites for hydroxylation is 2. The smallest absolute Gasteiger partial charge is 0.174 e. The highest BCUT2D eigenvalue weighted by Gasteiger charge is 2.08. The van der Waals surface area contributed by atoms with Gasteiger partial charge in [-0.3, -0.25) is 0 Å². The van der Waals surface area contributed by atoms with E-state index in [9.17, 15) is 0 Å². The van der Waals surface area contributed by atoms with E-state index >= 15 is 0 Å². The third-order valence-electron chi connectivity index (χ3n) is 2.71. The molecular weight excluding hydrogens is 262 g/mol. The third kappa shape index (κ3) is 3.54. The van der Waals surface area contributed by atoms with Gasteiger partial charge in [-0.1, -0.05) is 54.3 Å². The summed E-state index contributed by atoms with van der Waals surface area (Å²) in [6.07, 6.45) is 1.06. The lowest BCUT2D eigenvalue weighted by molar-refractivity contribution is 0.828. The lowest BCUT2D eigenvalue weighted by Crippen LogP contribution is -2.12. The van der Waals surface area contributed by atoms with Gasteiger partial charge in [-0.15, -0.1) is 10.2 Å². The highest BCUT2D eigenvalue weighted by molar-refractivity contribution is 8.01. The zero-order valence-corrected chi connectivity index (χ0v) is 12.2. The molecule has 2 aromatic rings. The van der Waals surface area contributed by atoms with Crippen LogP contribution in [0.5, 0.6) is 0 Å². The summed E-state index contributed by atoms with van der Waals surface area (Å²) in [6.45, 7) is 4.12. The van der Waals surface area contributed by atoms with Gasteiger partial charge in [0.25, 0.3) is 0 Å². The number of nitrogens with zero attached hydrogens (tertiary/aromatic N) is 2. The Bertz CT molecular complexity index is 493. The fourth-order valence-electron chi connectivity index (χ4n) is 1.59. The molecule has 3 nitrogen and oxygen atoms in total. The number of aromatic nitrogens is 2. The summed E-state index contributed by atoms with van der Waals surface area (Å²) in [5, 5.41) is 9.08. The first-order valence-electron chi connectivity index (χ1n) is 5.96. The molecule has 0 saturated carbocycles. The van der Waals surface area contributed by atoms with Gasteiger partial charge in [0.2, 0.25) is 0 Å². The number of thioether (sulfide) groups is 1. The summed E-state index contributed by atoms with van der Waals surface area (Å²) >= 11 is 3.29. The highest BCUT2D eigenvalue weighted by Crippen LogP contribution is 2.26. The highest BCUT2D eigenvalue weighted by atomic mass is 32.2. The largest absolute Gasteiger partial charge is 0.323 e. The van der Waals surface area contributed by atoms with Gasteiger partial charge in [0, 0.05) is 11.8 Å². The minimum Gasteiger partial charge on any atom is -0.323 e. The number of nitrogens with two attached hydrogens (primary N) is 1. The zero-order chi connectivity index (χ0) is 13.0. The molecule has 0 bridgehead atoms. The molecule has 0 aliphatic rings. The molecule has 1 aromatic carbocycles. The van der Waals surface area contributed by atoms with Crippen molar-refractivity contribution in [2.45, 2.75) is 30.6 Å². The van der Waals surface area contributed by atoms with Crippen molar-refractivity contribution in [1.82, 2.24) is 10.2 Å². The first kappa shape index (κ1) is 13.5. The van der Waals surface area contributed by atoms with E-state index in [1.807, 2.05) is 6.92 Å². The predicted molar refractivity (Wildman–Crippen MR) is 78.1 cm³/mol. The van der Waals surface area contributed by atoms with Crippen LogP contribution in [0.2, 0.25) is 0 Å². The van der Waals surface area contributed by atoms with Crippen molar-refractivity contribution in [2.75, 3.05) is 5.75 Å². The van der Waals surface area contributed by atoms with Gasteiger partial charge in [-0.25, -0.2) is 0 Å². The van der Waals surface area contributed by atoms with E-state index in [4.69, 9.17) is 5.73 Å². The maximum absolute atomic E-state index is 6.18.